The van der Waals surface area contributed by atoms with Gasteiger partial charge in [0.15, 0.2) is 5.13 Å². The highest BCUT2D eigenvalue weighted by molar-refractivity contribution is 7.22. The molecule has 1 aliphatic heterocycles. The zero-order valence-electron chi connectivity index (χ0n) is 11.8. The predicted molar refractivity (Wildman–Crippen MR) is 82.2 cm³/mol. The molecule has 0 bridgehead atoms. The minimum absolute atomic E-state index is 0.134. The van der Waals surface area contributed by atoms with E-state index in [1.54, 1.807) is 36.9 Å². The number of benzene rings is 1. The number of nitrogens with one attached hydrogen (secondary N) is 1. The van der Waals surface area contributed by atoms with Crippen molar-refractivity contribution in [3.63, 3.8) is 0 Å². The van der Waals surface area contributed by atoms with Crippen molar-refractivity contribution in [1.29, 1.82) is 0 Å². The van der Waals surface area contributed by atoms with Gasteiger partial charge in [-0.25, -0.2) is 4.98 Å². The molecule has 110 valence electrons. The molecule has 0 radical (unpaired) electrons. The van der Waals surface area contributed by atoms with Crippen molar-refractivity contribution in [2.24, 2.45) is 0 Å². The number of hydrogen-bond donors (Lipinski definition) is 2. The summed E-state index contributed by atoms with van der Waals surface area (Å²) in [6.45, 7) is 4.48. The SMILES string of the molecule is CC1(C)C(=O)NCCN1C(=O)c1ccc2nc(N)sc2c1. The number of amides is 2. The van der Waals surface area contributed by atoms with E-state index in [2.05, 4.69) is 10.3 Å². The minimum atomic E-state index is -0.850. The van der Waals surface area contributed by atoms with Gasteiger partial charge in [0.05, 0.1) is 10.2 Å². The molecule has 1 fully saturated rings. The van der Waals surface area contributed by atoms with Crippen LogP contribution >= 0.6 is 11.3 Å². The van der Waals surface area contributed by atoms with E-state index < -0.39 is 5.54 Å². The fourth-order valence-electron chi connectivity index (χ4n) is 2.49. The van der Waals surface area contributed by atoms with E-state index in [4.69, 9.17) is 5.73 Å². The highest BCUT2D eigenvalue weighted by Gasteiger charge is 2.40. The van der Waals surface area contributed by atoms with Crippen LogP contribution in [0, 0.1) is 0 Å². The van der Waals surface area contributed by atoms with Gasteiger partial charge < -0.3 is 16.0 Å². The van der Waals surface area contributed by atoms with Crippen LogP contribution < -0.4 is 11.1 Å². The summed E-state index contributed by atoms with van der Waals surface area (Å²) in [7, 11) is 0. The third-order valence-electron chi connectivity index (χ3n) is 3.75. The van der Waals surface area contributed by atoms with Crippen LogP contribution in [0.2, 0.25) is 0 Å². The Hall–Kier alpha value is -2.15. The summed E-state index contributed by atoms with van der Waals surface area (Å²) in [6.07, 6.45) is 0. The first-order chi connectivity index (χ1) is 9.89. The van der Waals surface area contributed by atoms with E-state index in [0.717, 1.165) is 10.2 Å². The van der Waals surface area contributed by atoms with Gasteiger partial charge in [-0.05, 0) is 32.0 Å². The number of piperazine rings is 1. The number of fused-ring (bicyclic) bond motifs is 1. The number of rotatable bonds is 1. The molecule has 3 rings (SSSR count). The smallest absolute Gasteiger partial charge is 0.254 e. The number of thiazole rings is 1. The molecule has 0 spiro atoms. The zero-order chi connectivity index (χ0) is 15.2. The lowest BCUT2D eigenvalue weighted by Gasteiger charge is -2.41. The first-order valence-corrected chi connectivity index (χ1v) is 7.47. The molecule has 1 aromatic carbocycles. The standard InChI is InChI=1S/C14H16N4O2S/c1-14(2)12(20)16-5-6-18(14)11(19)8-3-4-9-10(7-8)21-13(15)17-9/h3-4,7H,5-6H2,1-2H3,(H2,15,17)(H,16,20). The molecule has 1 saturated heterocycles. The summed E-state index contributed by atoms with van der Waals surface area (Å²) < 4.78 is 0.873. The molecule has 2 amide bonds. The highest BCUT2D eigenvalue weighted by Crippen LogP contribution is 2.27. The van der Waals surface area contributed by atoms with Crippen molar-refractivity contribution < 1.29 is 9.59 Å². The molecule has 1 aromatic heterocycles. The maximum Gasteiger partial charge on any atom is 0.254 e. The largest absolute Gasteiger partial charge is 0.375 e. The Morgan fingerprint density at radius 3 is 3.00 bits per heavy atom. The van der Waals surface area contributed by atoms with E-state index in [1.165, 1.54) is 11.3 Å². The van der Waals surface area contributed by atoms with Gasteiger partial charge in [-0.1, -0.05) is 11.3 Å². The second-order valence-electron chi connectivity index (χ2n) is 5.51. The average molecular weight is 304 g/mol. The van der Waals surface area contributed by atoms with Gasteiger partial charge in [0.2, 0.25) is 5.91 Å². The van der Waals surface area contributed by atoms with Crippen LogP contribution in [-0.4, -0.2) is 40.3 Å². The summed E-state index contributed by atoms with van der Waals surface area (Å²) in [5.41, 5.74) is 6.16. The fourth-order valence-corrected chi connectivity index (χ4v) is 3.26. The Bertz CT molecular complexity index is 738. The summed E-state index contributed by atoms with van der Waals surface area (Å²) in [6, 6.07) is 5.30. The van der Waals surface area contributed by atoms with Crippen molar-refractivity contribution >= 4 is 38.5 Å². The normalized spacial score (nSPS) is 17.8. The molecule has 21 heavy (non-hydrogen) atoms. The quantitative estimate of drug-likeness (QED) is 0.829. The number of carbonyl (C=O) groups excluding carboxylic acids is 2. The fraction of sp³-hybridized carbons (Fsp3) is 0.357. The summed E-state index contributed by atoms with van der Waals surface area (Å²) in [4.78, 5) is 30.4. The molecule has 0 aliphatic carbocycles. The Morgan fingerprint density at radius 1 is 1.48 bits per heavy atom. The number of nitrogen functional groups attached to an aromatic ring is 1. The lowest BCUT2D eigenvalue weighted by molar-refractivity contribution is -0.133. The Balaban J connectivity index is 1.97. The molecule has 0 atom stereocenters. The minimum Gasteiger partial charge on any atom is -0.375 e. The van der Waals surface area contributed by atoms with Gasteiger partial charge in [0.1, 0.15) is 5.54 Å². The Morgan fingerprint density at radius 2 is 2.24 bits per heavy atom. The monoisotopic (exact) mass is 304 g/mol. The van der Waals surface area contributed by atoms with Gasteiger partial charge in [0, 0.05) is 18.7 Å². The number of nitrogens with two attached hydrogens (primary N) is 1. The lowest BCUT2D eigenvalue weighted by atomic mass is 9.97. The third-order valence-corrected chi connectivity index (χ3v) is 4.60. The van der Waals surface area contributed by atoms with E-state index in [-0.39, 0.29) is 11.8 Å². The first-order valence-electron chi connectivity index (χ1n) is 6.66. The van der Waals surface area contributed by atoms with Crippen LogP contribution in [0.25, 0.3) is 10.2 Å². The molecule has 0 saturated carbocycles. The second-order valence-corrected chi connectivity index (χ2v) is 6.57. The molecular formula is C14H16N4O2S. The Kier molecular flexibility index (Phi) is 3.09. The number of carbonyl (C=O) groups is 2. The molecule has 7 heteroatoms. The Labute approximate surface area is 125 Å². The topological polar surface area (TPSA) is 88.3 Å². The highest BCUT2D eigenvalue weighted by atomic mass is 32.1. The van der Waals surface area contributed by atoms with Gasteiger partial charge >= 0.3 is 0 Å². The van der Waals surface area contributed by atoms with Crippen molar-refractivity contribution in [3.8, 4) is 0 Å². The van der Waals surface area contributed by atoms with Gasteiger partial charge in [0.25, 0.3) is 5.91 Å². The lowest BCUT2D eigenvalue weighted by Crippen LogP contribution is -2.63. The van der Waals surface area contributed by atoms with Gasteiger partial charge in [-0.3, -0.25) is 9.59 Å². The van der Waals surface area contributed by atoms with Crippen LogP contribution in [0.4, 0.5) is 5.13 Å². The second kappa shape index (κ2) is 4.70. The van der Waals surface area contributed by atoms with Crippen LogP contribution in [-0.2, 0) is 4.79 Å². The molecule has 6 nitrogen and oxygen atoms in total. The van der Waals surface area contributed by atoms with Crippen molar-refractivity contribution in [3.05, 3.63) is 23.8 Å². The van der Waals surface area contributed by atoms with E-state index in [0.29, 0.717) is 23.8 Å². The molecule has 1 aliphatic rings. The van der Waals surface area contributed by atoms with Crippen molar-refractivity contribution in [1.82, 2.24) is 15.2 Å². The third kappa shape index (κ3) is 2.23. The van der Waals surface area contributed by atoms with Gasteiger partial charge in [-0.15, -0.1) is 0 Å². The van der Waals surface area contributed by atoms with Crippen molar-refractivity contribution in [2.75, 3.05) is 18.8 Å². The number of nitrogens with zero attached hydrogens (tertiary/aromatic N) is 2. The van der Waals surface area contributed by atoms with Crippen LogP contribution in [0.15, 0.2) is 18.2 Å². The zero-order valence-corrected chi connectivity index (χ0v) is 12.7. The van der Waals surface area contributed by atoms with Crippen LogP contribution in [0.3, 0.4) is 0 Å². The summed E-state index contributed by atoms with van der Waals surface area (Å²) >= 11 is 1.35. The van der Waals surface area contributed by atoms with Crippen LogP contribution in [0.1, 0.15) is 24.2 Å². The maximum absolute atomic E-state index is 12.7. The number of aromatic nitrogens is 1. The van der Waals surface area contributed by atoms with Gasteiger partial charge in [-0.2, -0.15) is 0 Å². The predicted octanol–water partition coefficient (Wildman–Crippen LogP) is 1.23. The van der Waals surface area contributed by atoms with E-state index >= 15 is 0 Å². The van der Waals surface area contributed by atoms with E-state index in [1.807, 2.05) is 0 Å². The first kappa shape index (κ1) is 13.8. The molecule has 2 heterocycles. The summed E-state index contributed by atoms with van der Waals surface area (Å²) in [5, 5.41) is 3.26. The molecule has 2 aromatic rings. The maximum atomic E-state index is 12.7. The summed E-state index contributed by atoms with van der Waals surface area (Å²) in [5.74, 6) is -0.283. The molecule has 3 N–H and O–H groups in total. The van der Waals surface area contributed by atoms with Crippen LogP contribution in [0.5, 0.6) is 0 Å². The van der Waals surface area contributed by atoms with E-state index in [9.17, 15) is 9.59 Å². The number of anilines is 1. The number of hydrogen-bond acceptors (Lipinski definition) is 5. The molecule has 0 unspecified atom stereocenters. The van der Waals surface area contributed by atoms with Crippen molar-refractivity contribution in [2.45, 2.75) is 19.4 Å². The molecular weight excluding hydrogens is 288 g/mol. The average Bonchev–Trinajstić information content (AvgIpc) is 2.80.